The van der Waals surface area contributed by atoms with Crippen molar-refractivity contribution in [2.24, 2.45) is 0 Å². The Morgan fingerprint density at radius 2 is 1.76 bits per heavy atom. The minimum Gasteiger partial charge on any atom is -0.478 e. The summed E-state index contributed by atoms with van der Waals surface area (Å²) >= 11 is 0. The first-order valence-corrected chi connectivity index (χ1v) is 5.15. The molecule has 0 amide bonds. The van der Waals surface area contributed by atoms with Crippen LogP contribution in [0.2, 0.25) is 0 Å². The van der Waals surface area contributed by atoms with Crippen molar-refractivity contribution in [3.05, 3.63) is 52.1 Å². The van der Waals surface area contributed by atoms with Crippen LogP contribution in [0, 0.1) is 10.1 Å². The van der Waals surface area contributed by atoms with Crippen LogP contribution in [0.3, 0.4) is 0 Å². The summed E-state index contributed by atoms with van der Waals surface area (Å²) < 4.78 is 0. The zero-order chi connectivity index (χ0) is 12.8. The van der Waals surface area contributed by atoms with Gasteiger partial charge < -0.3 is 5.11 Å². The van der Waals surface area contributed by atoms with Crippen LogP contribution in [0.25, 0.3) is 0 Å². The van der Waals surface area contributed by atoms with Crippen molar-refractivity contribution in [1.82, 2.24) is 0 Å². The minimum atomic E-state index is -1.09. The Labute approximate surface area is 98.5 Å². The van der Waals surface area contributed by atoms with E-state index in [1.807, 2.05) is 0 Å². The van der Waals surface area contributed by atoms with Gasteiger partial charge in [0, 0.05) is 12.1 Å². The van der Waals surface area contributed by atoms with Gasteiger partial charge in [-0.25, -0.2) is 4.79 Å². The molecule has 0 unspecified atom stereocenters. The van der Waals surface area contributed by atoms with Gasteiger partial charge in [-0.15, -0.1) is 0 Å². The molecule has 2 rings (SSSR count). The van der Waals surface area contributed by atoms with E-state index in [0.717, 1.165) is 12.1 Å². The van der Waals surface area contributed by atoms with Gasteiger partial charge in [-0.1, -0.05) is 12.2 Å². The third-order valence-corrected chi connectivity index (χ3v) is 2.39. The van der Waals surface area contributed by atoms with E-state index in [9.17, 15) is 14.9 Å². The Hall–Kier alpha value is -2.17. The molecule has 1 aliphatic rings. The van der Waals surface area contributed by atoms with E-state index in [0.29, 0.717) is 0 Å². The number of non-ortho nitro benzene ring substituents is 1. The topological polar surface area (TPSA) is 80.4 Å². The molecule has 5 nitrogen and oxygen atoms in total. The second-order valence-electron chi connectivity index (χ2n) is 3.71. The van der Waals surface area contributed by atoms with E-state index in [1.165, 1.54) is 37.0 Å². The maximum absolute atomic E-state index is 10.3. The summed E-state index contributed by atoms with van der Waals surface area (Å²) in [6, 6.07) is 4.70. The first kappa shape index (κ1) is 12.9. The summed E-state index contributed by atoms with van der Waals surface area (Å²) in [7, 11) is 0. The van der Waals surface area contributed by atoms with E-state index in [1.54, 1.807) is 0 Å². The SMILES string of the molecule is C=C1CCC1.O=C(O)c1ccc([N+](=O)[O-])cc1. The maximum Gasteiger partial charge on any atom is 0.335 e. The van der Waals surface area contributed by atoms with Gasteiger partial charge in [0.2, 0.25) is 0 Å². The molecule has 0 saturated heterocycles. The van der Waals surface area contributed by atoms with Crippen LogP contribution < -0.4 is 0 Å². The number of nitro groups is 1. The molecule has 5 heteroatoms. The molecule has 17 heavy (non-hydrogen) atoms. The van der Waals surface area contributed by atoms with Crippen molar-refractivity contribution in [2.45, 2.75) is 19.3 Å². The smallest absolute Gasteiger partial charge is 0.335 e. The number of benzene rings is 1. The Balaban J connectivity index is 0.000000239. The van der Waals surface area contributed by atoms with Crippen LogP contribution in [0.1, 0.15) is 29.6 Å². The van der Waals surface area contributed by atoms with Crippen molar-refractivity contribution in [2.75, 3.05) is 0 Å². The fourth-order valence-electron chi connectivity index (χ4n) is 1.15. The molecule has 0 heterocycles. The number of nitrogens with zero attached hydrogens (tertiary/aromatic N) is 1. The van der Waals surface area contributed by atoms with Crippen molar-refractivity contribution in [1.29, 1.82) is 0 Å². The molecule has 90 valence electrons. The Morgan fingerprint density at radius 1 is 1.29 bits per heavy atom. The number of carbonyl (C=O) groups is 1. The summed E-state index contributed by atoms with van der Waals surface area (Å²) in [6.07, 6.45) is 3.97. The molecular formula is C12H13NO4. The largest absolute Gasteiger partial charge is 0.478 e. The molecule has 1 saturated carbocycles. The van der Waals surface area contributed by atoms with E-state index in [2.05, 4.69) is 6.58 Å². The number of rotatable bonds is 2. The fraction of sp³-hybridized carbons (Fsp3) is 0.250. The summed E-state index contributed by atoms with van der Waals surface area (Å²) in [5, 5.41) is 18.6. The molecule has 0 aliphatic heterocycles. The average molecular weight is 235 g/mol. The maximum atomic E-state index is 10.3. The molecule has 0 radical (unpaired) electrons. The number of nitro benzene ring substituents is 1. The van der Waals surface area contributed by atoms with Crippen LogP contribution >= 0.6 is 0 Å². The van der Waals surface area contributed by atoms with E-state index in [4.69, 9.17) is 5.11 Å². The molecule has 1 N–H and O–H groups in total. The summed E-state index contributed by atoms with van der Waals surface area (Å²) in [5.41, 5.74) is 1.37. The lowest BCUT2D eigenvalue weighted by atomic mass is 9.95. The zero-order valence-electron chi connectivity index (χ0n) is 9.26. The van der Waals surface area contributed by atoms with Gasteiger partial charge in [0.1, 0.15) is 0 Å². The lowest BCUT2D eigenvalue weighted by Crippen LogP contribution is -1.96. The highest BCUT2D eigenvalue weighted by Gasteiger charge is 2.06. The first-order valence-electron chi connectivity index (χ1n) is 5.15. The van der Waals surface area contributed by atoms with Crippen LogP contribution in [-0.4, -0.2) is 16.0 Å². The quantitative estimate of drug-likeness (QED) is 0.485. The van der Waals surface area contributed by atoms with Crippen LogP contribution in [0.15, 0.2) is 36.4 Å². The standard InChI is InChI=1S/C7H5NO4.C5H8/c9-7(10)5-1-3-6(4-2-5)8(11)12;1-5-3-2-4-5/h1-4H,(H,9,10);1-4H2. The number of carboxylic acid groups (broad SMARTS) is 1. The fourth-order valence-corrected chi connectivity index (χ4v) is 1.15. The summed E-state index contributed by atoms with van der Waals surface area (Å²) in [6.45, 7) is 3.76. The molecule has 1 aromatic carbocycles. The van der Waals surface area contributed by atoms with Crippen molar-refractivity contribution < 1.29 is 14.8 Å². The van der Waals surface area contributed by atoms with E-state index < -0.39 is 10.9 Å². The van der Waals surface area contributed by atoms with Crippen molar-refractivity contribution in [3.63, 3.8) is 0 Å². The minimum absolute atomic E-state index is 0.0422. The average Bonchev–Trinajstić information content (AvgIpc) is 2.27. The highest BCUT2D eigenvalue weighted by Crippen LogP contribution is 2.21. The molecule has 0 atom stereocenters. The lowest BCUT2D eigenvalue weighted by molar-refractivity contribution is -0.384. The highest BCUT2D eigenvalue weighted by molar-refractivity contribution is 5.87. The number of allylic oxidation sites excluding steroid dienone is 1. The zero-order valence-corrected chi connectivity index (χ0v) is 9.26. The Kier molecular flexibility index (Phi) is 4.39. The van der Waals surface area contributed by atoms with Crippen LogP contribution in [-0.2, 0) is 0 Å². The van der Waals surface area contributed by atoms with Crippen molar-refractivity contribution >= 4 is 11.7 Å². The molecule has 0 bridgehead atoms. The molecule has 1 fully saturated rings. The molecule has 0 spiro atoms. The summed E-state index contributed by atoms with van der Waals surface area (Å²) in [5.74, 6) is -1.09. The predicted molar refractivity (Wildman–Crippen MR) is 63.0 cm³/mol. The van der Waals surface area contributed by atoms with Gasteiger partial charge in [0.15, 0.2) is 0 Å². The molecule has 1 aliphatic carbocycles. The molecule has 1 aromatic rings. The Bertz CT molecular complexity index is 397. The number of aromatic carboxylic acids is 1. The van der Waals surface area contributed by atoms with Gasteiger partial charge in [-0.3, -0.25) is 10.1 Å². The van der Waals surface area contributed by atoms with Gasteiger partial charge in [-0.2, -0.15) is 0 Å². The second-order valence-corrected chi connectivity index (χ2v) is 3.71. The second kappa shape index (κ2) is 5.79. The number of carboxylic acids is 1. The van der Waals surface area contributed by atoms with Crippen molar-refractivity contribution in [3.8, 4) is 0 Å². The van der Waals surface area contributed by atoms with Gasteiger partial charge in [0.05, 0.1) is 10.5 Å². The highest BCUT2D eigenvalue weighted by atomic mass is 16.6. The molecular weight excluding hydrogens is 222 g/mol. The van der Waals surface area contributed by atoms with Crippen LogP contribution in [0.5, 0.6) is 0 Å². The number of hydrogen-bond acceptors (Lipinski definition) is 3. The normalized spacial score (nSPS) is 13.1. The molecule has 0 aromatic heterocycles. The van der Waals surface area contributed by atoms with Crippen LogP contribution in [0.4, 0.5) is 5.69 Å². The van der Waals surface area contributed by atoms with E-state index in [-0.39, 0.29) is 11.3 Å². The van der Waals surface area contributed by atoms with Gasteiger partial charge in [-0.05, 0) is 31.4 Å². The monoisotopic (exact) mass is 235 g/mol. The van der Waals surface area contributed by atoms with Gasteiger partial charge in [0.25, 0.3) is 5.69 Å². The summed E-state index contributed by atoms with van der Waals surface area (Å²) in [4.78, 5) is 19.9. The predicted octanol–water partition coefficient (Wildman–Crippen LogP) is 3.02. The third kappa shape index (κ3) is 4.06. The number of hydrogen-bond donors (Lipinski definition) is 1. The lowest BCUT2D eigenvalue weighted by Gasteiger charge is -2.11. The Morgan fingerprint density at radius 3 is 2.00 bits per heavy atom. The van der Waals surface area contributed by atoms with E-state index >= 15 is 0 Å². The third-order valence-electron chi connectivity index (χ3n) is 2.39. The van der Waals surface area contributed by atoms with Gasteiger partial charge >= 0.3 is 5.97 Å². The first-order chi connectivity index (χ1) is 8.00.